The average Bonchev–Trinajstić information content (AvgIpc) is 2.47. The van der Waals surface area contributed by atoms with Crippen LogP contribution in [-0.4, -0.2) is 11.3 Å². The molecule has 3 nitrogen and oxygen atoms in total. The Morgan fingerprint density at radius 1 is 1.58 bits per heavy atom. The molecule has 3 heteroatoms. The van der Waals surface area contributed by atoms with Gasteiger partial charge in [-0.3, -0.25) is 4.79 Å². The topological polar surface area (TPSA) is 43.1 Å². The predicted octanol–water partition coefficient (Wildman–Crippen LogP) is 2.17. The summed E-state index contributed by atoms with van der Waals surface area (Å²) in [7, 11) is 0. The molecule has 0 aliphatic carbocycles. The molecule has 0 aliphatic heterocycles. The highest BCUT2D eigenvalue weighted by Gasteiger charge is 2.13. The molecule has 0 bridgehead atoms. The maximum absolute atomic E-state index is 10.4. The van der Waals surface area contributed by atoms with E-state index >= 15 is 0 Å². The van der Waals surface area contributed by atoms with E-state index in [1.165, 1.54) is 0 Å². The summed E-state index contributed by atoms with van der Waals surface area (Å²) in [6.07, 6.45) is 1.43. The third-order valence-corrected chi connectivity index (χ3v) is 1.71. The number of aldehydes is 1. The Morgan fingerprint density at radius 3 is 2.58 bits per heavy atom. The maximum atomic E-state index is 10.4. The van der Waals surface area contributed by atoms with Gasteiger partial charge in [0, 0.05) is 6.42 Å². The molecule has 12 heavy (non-hydrogen) atoms. The van der Waals surface area contributed by atoms with E-state index in [1.807, 2.05) is 20.8 Å². The third-order valence-electron chi connectivity index (χ3n) is 1.71. The second-order valence-corrected chi connectivity index (χ2v) is 2.99. The fourth-order valence-corrected chi connectivity index (χ4v) is 1.14. The molecule has 1 rings (SSSR count). The number of carbonyl (C=O) groups excluding carboxylic acids is 1. The Bertz CT molecular complexity index is 276. The minimum atomic E-state index is 0.190. The van der Waals surface area contributed by atoms with Crippen LogP contribution in [0.2, 0.25) is 0 Å². The first kappa shape index (κ1) is 8.97. The monoisotopic (exact) mass is 167 g/mol. The molecule has 0 amide bonds. The van der Waals surface area contributed by atoms with Crippen LogP contribution in [0.15, 0.2) is 4.42 Å². The summed E-state index contributed by atoms with van der Waals surface area (Å²) >= 11 is 0. The van der Waals surface area contributed by atoms with E-state index in [9.17, 15) is 4.79 Å². The summed E-state index contributed by atoms with van der Waals surface area (Å²) in [5, 5.41) is 0. The van der Waals surface area contributed by atoms with Gasteiger partial charge in [-0.2, -0.15) is 0 Å². The van der Waals surface area contributed by atoms with Crippen molar-refractivity contribution >= 4 is 6.29 Å². The summed E-state index contributed by atoms with van der Waals surface area (Å²) in [5.41, 5.74) is 0.902. The zero-order valence-electron chi connectivity index (χ0n) is 7.63. The summed E-state index contributed by atoms with van der Waals surface area (Å²) < 4.78 is 5.20. The molecule has 0 radical (unpaired) electrons. The van der Waals surface area contributed by atoms with E-state index in [4.69, 9.17) is 4.42 Å². The number of oxazole rings is 1. The average molecular weight is 167 g/mol. The van der Waals surface area contributed by atoms with Crippen LogP contribution in [0.4, 0.5) is 0 Å². The van der Waals surface area contributed by atoms with E-state index in [1.54, 1.807) is 0 Å². The van der Waals surface area contributed by atoms with E-state index < -0.39 is 0 Å². The van der Waals surface area contributed by atoms with Gasteiger partial charge in [0.25, 0.3) is 5.89 Å². The highest BCUT2D eigenvalue weighted by Crippen LogP contribution is 2.19. The Balaban J connectivity index is 3.07. The summed E-state index contributed by atoms with van der Waals surface area (Å²) in [6, 6.07) is 0. The van der Waals surface area contributed by atoms with E-state index in [2.05, 4.69) is 4.98 Å². The molecule has 1 aromatic rings. The Hall–Kier alpha value is -1.12. The second kappa shape index (κ2) is 3.52. The number of aromatic nitrogens is 1. The molecule has 0 unspecified atom stereocenters. The smallest absolute Gasteiger partial charge is 0.260 e. The van der Waals surface area contributed by atoms with Crippen molar-refractivity contribution in [2.75, 3.05) is 0 Å². The predicted molar refractivity (Wildman–Crippen MR) is 45.4 cm³/mol. The number of hydrogen-bond donors (Lipinski definition) is 0. The highest BCUT2D eigenvalue weighted by atomic mass is 16.4. The van der Waals surface area contributed by atoms with Gasteiger partial charge in [-0.15, -0.1) is 0 Å². The minimum Gasteiger partial charge on any atom is -0.439 e. The van der Waals surface area contributed by atoms with Crippen molar-refractivity contribution < 1.29 is 9.21 Å². The first-order chi connectivity index (χ1) is 5.69. The van der Waals surface area contributed by atoms with Crippen molar-refractivity contribution in [1.29, 1.82) is 0 Å². The zero-order chi connectivity index (χ0) is 9.14. The van der Waals surface area contributed by atoms with Gasteiger partial charge in [0.15, 0.2) is 0 Å². The van der Waals surface area contributed by atoms with Gasteiger partial charge in [-0.05, 0) is 5.92 Å². The van der Waals surface area contributed by atoms with Crippen LogP contribution >= 0.6 is 0 Å². The third kappa shape index (κ3) is 1.55. The molecule has 0 saturated heterocycles. The molecule has 1 heterocycles. The van der Waals surface area contributed by atoms with Gasteiger partial charge < -0.3 is 4.42 Å². The lowest BCUT2D eigenvalue weighted by Gasteiger charge is -1.99. The second-order valence-electron chi connectivity index (χ2n) is 2.99. The first-order valence-corrected chi connectivity index (χ1v) is 4.13. The molecule has 0 aromatic carbocycles. The summed E-state index contributed by atoms with van der Waals surface area (Å²) in [5.74, 6) is 1.33. The van der Waals surface area contributed by atoms with Gasteiger partial charge in [0.2, 0.25) is 6.29 Å². The maximum Gasteiger partial charge on any atom is 0.260 e. The van der Waals surface area contributed by atoms with Crippen molar-refractivity contribution in [3.63, 3.8) is 0 Å². The standard InChI is InChI=1S/C9H13NO2/c1-4-7-9(6(2)3)10-8(5-11)12-7/h5-6H,4H2,1-3H3. The van der Waals surface area contributed by atoms with Crippen LogP contribution in [0.1, 0.15) is 48.8 Å². The van der Waals surface area contributed by atoms with Gasteiger partial charge in [0.1, 0.15) is 5.76 Å². The van der Waals surface area contributed by atoms with Crippen LogP contribution < -0.4 is 0 Å². The molecule has 0 N–H and O–H groups in total. The number of aryl methyl sites for hydroxylation is 1. The number of nitrogens with zero attached hydrogens (tertiary/aromatic N) is 1. The summed E-state index contributed by atoms with van der Waals surface area (Å²) in [6.45, 7) is 6.05. The van der Waals surface area contributed by atoms with Crippen molar-refractivity contribution in [3.8, 4) is 0 Å². The van der Waals surface area contributed by atoms with Gasteiger partial charge >= 0.3 is 0 Å². The fourth-order valence-electron chi connectivity index (χ4n) is 1.14. The molecule has 0 aliphatic rings. The molecule has 1 aromatic heterocycles. The fraction of sp³-hybridized carbons (Fsp3) is 0.556. The molecular weight excluding hydrogens is 154 g/mol. The zero-order valence-corrected chi connectivity index (χ0v) is 7.63. The van der Waals surface area contributed by atoms with Crippen molar-refractivity contribution in [1.82, 2.24) is 4.98 Å². The summed E-state index contributed by atoms with van der Waals surface area (Å²) in [4.78, 5) is 14.4. The number of rotatable bonds is 3. The van der Waals surface area contributed by atoms with Crippen LogP contribution in [0.3, 0.4) is 0 Å². The number of carbonyl (C=O) groups is 1. The lowest BCUT2D eigenvalue weighted by atomic mass is 10.1. The molecule has 66 valence electrons. The van der Waals surface area contributed by atoms with Crippen LogP contribution in [-0.2, 0) is 6.42 Å². The lowest BCUT2D eigenvalue weighted by Crippen LogP contribution is -1.92. The Morgan fingerprint density at radius 2 is 2.25 bits per heavy atom. The van der Waals surface area contributed by atoms with Gasteiger partial charge in [-0.25, -0.2) is 4.98 Å². The molecular formula is C9H13NO2. The normalized spacial score (nSPS) is 10.7. The SMILES string of the molecule is CCc1oc(C=O)nc1C(C)C. The van der Waals surface area contributed by atoms with E-state index in [0.29, 0.717) is 12.2 Å². The van der Waals surface area contributed by atoms with Crippen molar-refractivity contribution in [2.24, 2.45) is 0 Å². The minimum absolute atomic E-state index is 0.190. The lowest BCUT2D eigenvalue weighted by molar-refractivity contribution is 0.109. The largest absolute Gasteiger partial charge is 0.439 e. The van der Waals surface area contributed by atoms with Crippen LogP contribution in [0, 0.1) is 0 Å². The molecule has 0 atom stereocenters. The van der Waals surface area contributed by atoms with E-state index in [-0.39, 0.29) is 5.89 Å². The Kier molecular flexibility index (Phi) is 2.63. The van der Waals surface area contributed by atoms with E-state index in [0.717, 1.165) is 17.9 Å². The molecule has 0 fully saturated rings. The van der Waals surface area contributed by atoms with Crippen LogP contribution in [0.5, 0.6) is 0 Å². The van der Waals surface area contributed by atoms with Gasteiger partial charge in [0.05, 0.1) is 5.69 Å². The van der Waals surface area contributed by atoms with Gasteiger partial charge in [-0.1, -0.05) is 20.8 Å². The van der Waals surface area contributed by atoms with Crippen molar-refractivity contribution in [3.05, 3.63) is 17.3 Å². The highest BCUT2D eigenvalue weighted by molar-refractivity contribution is 5.67. The van der Waals surface area contributed by atoms with Crippen LogP contribution in [0.25, 0.3) is 0 Å². The van der Waals surface area contributed by atoms with Crippen molar-refractivity contribution in [2.45, 2.75) is 33.1 Å². The molecule has 0 saturated carbocycles. The number of hydrogen-bond acceptors (Lipinski definition) is 3. The first-order valence-electron chi connectivity index (χ1n) is 4.13. The quantitative estimate of drug-likeness (QED) is 0.648. The Labute approximate surface area is 71.8 Å². The molecule has 0 spiro atoms.